The smallest absolute Gasteiger partial charge is 0.259 e. The molecule has 0 spiro atoms. The molecular weight excluding hydrogens is 507 g/mol. The number of benzene rings is 1. The Labute approximate surface area is 242 Å². The lowest BCUT2D eigenvalue weighted by atomic mass is 10.1. The van der Waals surface area contributed by atoms with Crippen molar-refractivity contribution < 1.29 is 18.5 Å². The van der Waals surface area contributed by atoms with E-state index >= 15 is 0 Å². The molecule has 39 heavy (non-hydrogen) atoms. The van der Waals surface area contributed by atoms with E-state index in [-0.39, 0.29) is 6.10 Å². The minimum atomic E-state index is -1.23. The molecule has 0 aliphatic carbocycles. The highest BCUT2D eigenvalue weighted by atomic mass is 31.2. The number of nitrogens with zero attached hydrogens (tertiary/aromatic N) is 1. The van der Waals surface area contributed by atoms with Crippen molar-refractivity contribution in [3.8, 4) is 0 Å². The van der Waals surface area contributed by atoms with Gasteiger partial charge in [-0.2, -0.15) is 0 Å². The first-order valence-electron chi connectivity index (χ1n) is 15.8. The first-order chi connectivity index (χ1) is 19.0. The van der Waals surface area contributed by atoms with Crippen molar-refractivity contribution in [2.75, 3.05) is 33.0 Å². The Morgan fingerprint density at radius 2 is 1.31 bits per heavy atom. The molecule has 2 N–H and O–H groups in total. The summed E-state index contributed by atoms with van der Waals surface area (Å²) in [5.74, 6) is 0. The van der Waals surface area contributed by atoms with E-state index < -0.39 is 8.53 Å². The molecule has 0 saturated heterocycles. The summed E-state index contributed by atoms with van der Waals surface area (Å²) < 4.78 is 27.6. The van der Waals surface area contributed by atoms with Crippen LogP contribution < -0.4 is 5.73 Å². The molecule has 0 heterocycles. The van der Waals surface area contributed by atoms with Gasteiger partial charge in [0.25, 0.3) is 8.53 Å². The summed E-state index contributed by atoms with van der Waals surface area (Å²) in [6.07, 6.45) is 14.6. The molecule has 0 aromatic heterocycles. The molecule has 0 aliphatic rings. The normalized spacial score (nSPS) is 13.6. The maximum atomic E-state index is 6.51. The summed E-state index contributed by atoms with van der Waals surface area (Å²) in [7, 11) is -1.23. The van der Waals surface area contributed by atoms with Crippen LogP contribution in [0.1, 0.15) is 117 Å². The van der Waals surface area contributed by atoms with E-state index in [0.717, 1.165) is 44.6 Å². The number of hydrogen-bond donors (Lipinski definition) is 1. The molecule has 228 valence electrons. The van der Waals surface area contributed by atoms with Gasteiger partial charge in [0.05, 0.1) is 19.8 Å². The van der Waals surface area contributed by atoms with Crippen LogP contribution in [0.15, 0.2) is 30.3 Å². The van der Waals surface area contributed by atoms with Gasteiger partial charge >= 0.3 is 0 Å². The second kappa shape index (κ2) is 25.1. The van der Waals surface area contributed by atoms with Crippen molar-refractivity contribution in [2.24, 2.45) is 5.73 Å². The van der Waals surface area contributed by atoms with Crippen molar-refractivity contribution in [1.29, 1.82) is 0 Å². The van der Waals surface area contributed by atoms with Gasteiger partial charge in [-0.15, -0.1) is 0 Å². The van der Waals surface area contributed by atoms with Crippen molar-refractivity contribution in [2.45, 2.75) is 136 Å². The zero-order valence-electron chi connectivity index (χ0n) is 26.0. The Morgan fingerprint density at radius 1 is 0.718 bits per heavy atom. The number of ether oxygens (including phenoxy) is 2. The Kier molecular flexibility index (Phi) is 23.5. The van der Waals surface area contributed by atoms with Crippen LogP contribution in [0.5, 0.6) is 0 Å². The summed E-state index contributed by atoms with van der Waals surface area (Å²) in [6.45, 7) is 15.0. The van der Waals surface area contributed by atoms with Gasteiger partial charge in [0.2, 0.25) is 0 Å². The van der Waals surface area contributed by atoms with Crippen molar-refractivity contribution in [3.05, 3.63) is 35.9 Å². The highest BCUT2D eigenvalue weighted by Gasteiger charge is 2.28. The van der Waals surface area contributed by atoms with Gasteiger partial charge in [0.1, 0.15) is 6.10 Å². The van der Waals surface area contributed by atoms with E-state index in [4.69, 9.17) is 24.3 Å². The maximum Gasteiger partial charge on any atom is 0.259 e. The molecule has 1 unspecified atom stereocenters. The van der Waals surface area contributed by atoms with Gasteiger partial charge in [0, 0.05) is 25.3 Å². The Bertz CT molecular complexity index is 642. The minimum Gasteiger partial charge on any atom is -0.379 e. The van der Waals surface area contributed by atoms with Crippen LogP contribution in [0.3, 0.4) is 0 Å². The lowest BCUT2D eigenvalue weighted by Gasteiger charge is -2.36. The second-order valence-corrected chi connectivity index (χ2v) is 12.6. The SMILES string of the molecule is CCCCCCCCO[C@H](COCCCCCCCCN)COP(OCc1ccccc1)N(C(C)C)C(C)C. The van der Waals surface area contributed by atoms with Gasteiger partial charge in [0.15, 0.2) is 0 Å². The van der Waals surface area contributed by atoms with Crippen molar-refractivity contribution in [3.63, 3.8) is 0 Å². The molecule has 1 aromatic carbocycles. The van der Waals surface area contributed by atoms with Crippen LogP contribution >= 0.6 is 8.53 Å². The van der Waals surface area contributed by atoms with Crippen molar-refractivity contribution >= 4 is 8.53 Å². The third kappa shape index (κ3) is 19.2. The number of hydrogen-bond acceptors (Lipinski definition) is 6. The van der Waals surface area contributed by atoms with Gasteiger partial charge < -0.3 is 24.3 Å². The Morgan fingerprint density at radius 3 is 1.92 bits per heavy atom. The molecule has 1 aromatic rings. The fraction of sp³-hybridized carbons (Fsp3) is 0.812. The van der Waals surface area contributed by atoms with Gasteiger partial charge in [-0.05, 0) is 59.1 Å². The molecule has 0 radical (unpaired) electrons. The molecule has 7 heteroatoms. The Balaban J connectivity index is 2.62. The van der Waals surface area contributed by atoms with Gasteiger partial charge in [-0.25, -0.2) is 4.67 Å². The van der Waals surface area contributed by atoms with E-state index in [0.29, 0.717) is 31.9 Å². The summed E-state index contributed by atoms with van der Waals surface area (Å²) in [5, 5.41) is 0. The fourth-order valence-corrected chi connectivity index (χ4v) is 6.19. The molecule has 0 fully saturated rings. The summed E-state index contributed by atoms with van der Waals surface area (Å²) in [5.41, 5.74) is 6.74. The molecule has 2 atom stereocenters. The number of rotatable bonds is 27. The zero-order chi connectivity index (χ0) is 28.6. The van der Waals surface area contributed by atoms with Crippen LogP contribution in [-0.2, 0) is 25.1 Å². The standard InChI is InChI=1S/C32H61N2O4P/c1-6-7-8-9-14-20-25-36-32(27-35-24-19-13-11-10-12-18-23-33)28-38-39(34(29(2)3)30(4)5)37-26-31-21-16-15-17-22-31/h15-17,21-22,29-30,32H,6-14,18-20,23-28,33H2,1-5H3/t32-,39?/m1/s1. The topological polar surface area (TPSA) is 66.2 Å². The molecule has 1 rings (SSSR count). The highest BCUT2D eigenvalue weighted by molar-refractivity contribution is 7.44. The lowest BCUT2D eigenvalue weighted by molar-refractivity contribution is -0.0414. The predicted octanol–water partition coefficient (Wildman–Crippen LogP) is 8.63. The van der Waals surface area contributed by atoms with E-state index in [1.807, 2.05) is 18.2 Å². The second-order valence-electron chi connectivity index (χ2n) is 11.1. The lowest BCUT2D eigenvalue weighted by Crippen LogP contribution is -2.35. The molecular formula is C32H61N2O4P. The van der Waals surface area contributed by atoms with E-state index in [2.05, 4.69) is 51.4 Å². The van der Waals surface area contributed by atoms with Gasteiger partial charge in [-0.1, -0.05) is 95.0 Å². The van der Waals surface area contributed by atoms with E-state index in [1.165, 1.54) is 57.8 Å². The third-order valence-electron chi connectivity index (χ3n) is 6.70. The monoisotopic (exact) mass is 568 g/mol. The summed E-state index contributed by atoms with van der Waals surface area (Å²) >= 11 is 0. The quantitative estimate of drug-likeness (QED) is 0.0846. The highest BCUT2D eigenvalue weighted by Crippen LogP contribution is 2.46. The molecule has 6 nitrogen and oxygen atoms in total. The largest absolute Gasteiger partial charge is 0.379 e. The van der Waals surface area contributed by atoms with Gasteiger partial charge in [-0.3, -0.25) is 0 Å². The minimum absolute atomic E-state index is 0.0864. The summed E-state index contributed by atoms with van der Waals surface area (Å²) in [6, 6.07) is 11.0. The van der Waals surface area contributed by atoms with Crippen molar-refractivity contribution in [1.82, 2.24) is 4.67 Å². The zero-order valence-corrected chi connectivity index (χ0v) is 26.8. The number of nitrogens with two attached hydrogens (primary N) is 1. The summed E-state index contributed by atoms with van der Waals surface area (Å²) in [4.78, 5) is 0. The van der Waals surface area contributed by atoms with Crippen LogP contribution in [-0.4, -0.2) is 55.8 Å². The molecule has 0 amide bonds. The van der Waals surface area contributed by atoms with Crippen LogP contribution in [0.25, 0.3) is 0 Å². The Hall–Kier alpha value is -0.590. The average molecular weight is 569 g/mol. The van der Waals surface area contributed by atoms with Crippen LogP contribution in [0, 0.1) is 0 Å². The van der Waals surface area contributed by atoms with E-state index in [9.17, 15) is 0 Å². The van der Waals surface area contributed by atoms with Crippen LogP contribution in [0.4, 0.5) is 0 Å². The molecule has 0 bridgehead atoms. The third-order valence-corrected chi connectivity index (χ3v) is 8.72. The predicted molar refractivity (Wildman–Crippen MR) is 167 cm³/mol. The number of unbranched alkanes of at least 4 members (excludes halogenated alkanes) is 10. The average Bonchev–Trinajstić information content (AvgIpc) is 2.92. The van der Waals surface area contributed by atoms with E-state index in [1.54, 1.807) is 0 Å². The molecule has 0 saturated carbocycles. The molecule has 0 aliphatic heterocycles. The fourth-order valence-electron chi connectivity index (χ4n) is 4.54. The first kappa shape index (κ1) is 36.4. The first-order valence-corrected chi connectivity index (χ1v) is 16.9. The van der Waals surface area contributed by atoms with Crippen LogP contribution in [0.2, 0.25) is 0 Å². The maximum absolute atomic E-state index is 6.51.